The number of ether oxygens (including phenoxy) is 2. The Morgan fingerprint density at radius 1 is 1.06 bits per heavy atom. The predicted octanol–water partition coefficient (Wildman–Crippen LogP) is 4.37. The largest absolute Gasteiger partial charge is 0.507 e. The lowest BCUT2D eigenvalue weighted by Gasteiger charge is -2.25. The summed E-state index contributed by atoms with van der Waals surface area (Å²) in [7, 11) is 2.97. The van der Waals surface area contributed by atoms with Crippen LogP contribution in [0.2, 0.25) is 5.02 Å². The summed E-state index contributed by atoms with van der Waals surface area (Å²) in [5, 5.41) is 11.7. The van der Waals surface area contributed by atoms with Crippen molar-refractivity contribution in [1.29, 1.82) is 0 Å². The minimum Gasteiger partial charge on any atom is -0.507 e. The molecular formula is C25H21ClN2O5. The summed E-state index contributed by atoms with van der Waals surface area (Å²) in [5.41, 5.74) is 1.64. The maximum Gasteiger partial charge on any atom is 0.295 e. The zero-order valence-corrected chi connectivity index (χ0v) is 18.7. The summed E-state index contributed by atoms with van der Waals surface area (Å²) in [5.74, 6) is -0.960. The number of hydrogen-bond donors (Lipinski definition) is 1. The Morgan fingerprint density at radius 2 is 1.85 bits per heavy atom. The monoisotopic (exact) mass is 464 g/mol. The van der Waals surface area contributed by atoms with Crippen molar-refractivity contribution in [3.05, 3.63) is 94.3 Å². The van der Waals surface area contributed by atoms with Crippen LogP contribution in [0, 0.1) is 0 Å². The number of aromatic nitrogens is 1. The fourth-order valence-electron chi connectivity index (χ4n) is 3.89. The first-order valence-corrected chi connectivity index (χ1v) is 10.5. The van der Waals surface area contributed by atoms with Gasteiger partial charge in [-0.3, -0.25) is 14.6 Å². The third-order valence-corrected chi connectivity index (χ3v) is 5.67. The highest BCUT2D eigenvalue weighted by Crippen LogP contribution is 2.41. The van der Waals surface area contributed by atoms with E-state index >= 15 is 0 Å². The first-order chi connectivity index (χ1) is 15.9. The zero-order valence-electron chi connectivity index (χ0n) is 18.0. The molecule has 0 radical (unpaired) electrons. The molecule has 4 rings (SSSR count). The van der Waals surface area contributed by atoms with Gasteiger partial charge in [0.2, 0.25) is 0 Å². The number of rotatable bonds is 6. The number of benzene rings is 2. The van der Waals surface area contributed by atoms with Crippen LogP contribution in [0.3, 0.4) is 0 Å². The predicted molar refractivity (Wildman–Crippen MR) is 123 cm³/mol. The van der Waals surface area contributed by atoms with Gasteiger partial charge in [0.1, 0.15) is 5.76 Å². The number of carbonyl (C=O) groups excluding carboxylic acids is 2. The average molecular weight is 465 g/mol. The van der Waals surface area contributed by atoms with Gasteiger partial charge >= 0.3 is 0 Å². The van der Waals surface area contributed by atoms with Crippen molar-refractivity contribution in [3.8, 4) is 11.5 Å². The summed E-state index contributed by atoms with van der Waals surface area (Å²) in [4.78, 5) is 31.7. The smallest absolute Gasteiger partial charge is 0.295 e. The van der Waals surface area contributed by atoms with Crippen LogP contribution in [-0.2, 0) is 16.1 Å². The third-order valence-electron chi connectivity index (χ3n) is 5.44. The minimum absolute atomic E-state index is 0.0293. The Morgan fingerprint density at radius 3 is 2.52 bits per heavy atom. The number of methoxy groups -OCH3 is 2. The Labute approximate surface area is 195 Å². The molecule has 1 atom stereocenters. The lowest BCUT2D eigenvalue weighted by molar-refractivity contribution is -0.140. The highest BCUT2D eigenvalue weighted by atomic mass is 35.5. The Bertz CT molecular complexity index is 1240. The summed E-state index contributed by atoms with van der Waals surface area (Å²) in [6.07, 6.45) is 3.26. The molecule has 1 N–H and O–H groups in total. The number of ketones is 1. The van der Waals surface area contributed by atoms with Gasteiger partial charge in [-0.05, 0) is 47.5 Å². The van der Waals surface area contributed by atoms with Gasteiger partial charge in [0.25, 0.3) is 11.7 Å². The van der Waals surface area contributed by atoms with E-state index in [2.05, 4.69) is 4.98 Å². The normalized spacial score (nSPS) is 17.3. The molecule has 0 unspecified atom stereocenters. The molecular weight excluding hydrogens is 444 g/mol. The van der Waals surface area contributed by atoms with Crippen LogP contribution >= 0.6 is 11.6 Å². The molecule has 1 amide bonds. The van der Waals surface area contributed by atoms with Gasteiger partial charge in [-0.1, -0.05) is 29.8 Å². The molecule has 2 heterocycles. The van der Waals surface area contributed by atoms with E-state index in [1.54, 1.807) is 60.9 Å². The summed E-state index contributed by atoms with van der Waals surface area (Å²) < 4.78 is 10.6. The lowest BCUT2D eigenvalue weighted by Crippen LogP contribution is -2.29. The quantitative estimate of drug-likeness (QED) is 0.331. The number of carbonyl (C=O) groups is 2. The fraction of sp³-hybridized carbons (Fsp3) is 0.160. The molecule has 7 nitrogen and oxygen atoms in total. The van der Waals surface area contributed by atoms with E-state index in [0.717, 1.165) is 5.56 Å². The van der Waals surface area contributed by atoms with Crippen molar-refractivity contribution in [1.82, 2.24) is 9.88 Å². The number of hydrogen-bond acceptors (Lipinski definition) is 6. The molecule has 0 aliphatic carbocycles. The third kappa shape index (κ3) is 4.27. The SMILES string of the molecule is COc1ccc(/C(O)=C2\C(=O)C(=O)N(Cc3cccnc3)[C@H]2c2cccc(Cl)c2)cc1OC. The molecule has 8 heteroatoms. The molecule has 1 saturated heterocycles. The molecule has 2 aromatic carbocycles. The van der Waals surface area contributed by atoms with E-state index in [1.807, 2.05) is 6.07 Å². The highest BCUT2D eigenvalue weighted by Gasteiger charge is 2.46. The topological polar surface area (TPSA) is 89.0 Å². The zero-order chi connectivity index (χ0) is 23.5. The van der Waals surface area contributed by atoms with Gasteiger partial charge in [-0.15, -0.1) is 0 Å². The number of amides is 1. The number of Topliss-reactive ketones (excluding diaryl/α,β-unsaturated/α-hetero) is 1. The Kier molecular flexibility index (Phi) is 6.33. The number of pyridine rings is 1. The van der Waals surface area contributed by atoms with E-state index < -0.39 is 17.7 Å². The molecule has 1 aromatic heterocycles. The van der Waals surface area contributed by atoms with Crippen LogP contribution < -0.4 is 9.47 Å². The minimum atomic E-state index is -0.836. The van der Waals surface area contributed by atoms with Crippen molar-refractivity contribution >= 4 is 29.1 Å². The van der Waals surface area contributed by atoms with Gasteiger partial charge in [-0.2, -0.15) is 0 Å². The van der Waals surface area contributed by atoms with Crippen LogP contribution in [0.1, 0.15) is 22.7 Å². The lowest BCUT2D eigenvalue weighted by atomic mass is 9.95. The van der Waals surface area contributed by atoms with Crippen molar-refractivity contribution in [2.75, 3.05) is 14.2 Å². The molecule has 33 heavy (non-hydrogen) atoms. The molecule has 168 valence electrons. The van der Waals surface area contributed by atoms with Crippen LogP contribution in [-0.4, -0.2) is 40.9 Å². The number of aliphatic hydroxyl groups excluding tert-OH is 1. The van der Waals surface area contributed by atoms with Gasteiger partial charge < -0.3 is 19.5 Å². The van der Waals surface area contributed by atoms with E-state index in [4.69, 9.17) is 21.1 Å². The first kappa shape index (κ1) is 22.4. The second-order valence-corrected chi connectivity index (χ2v) is 7.85. The Balaban J connectivity index is 1.88. The summed E-state index contributed by atoms with van der Waals surface area (Å²) >= 11 is 6.21. The van der Waals surface area contributed by atoms with Gasteiger partial charge in [-0.25, -0.2) is 0 Å². The average Bonchev–Trinajstić information content (AvgIpc) is 3.08. The molecule has 0 saturated carbocycles. The van der Waals surface area contributed by atoms with Crippen molar-refractivity contribution < 1.29 is 24.2 Å². The second kappa shape index (κ2) is 9.34. The molecule has 0 spiro atoms. The fourth-order valence-corrected chi connectivity index (χ4v) is 4.09. The van der Waals surface area contributed by atoms with Crippen LogP contribution in [0.15, 0.2) is 72.6 Å². The molecule has 1 fully saturated rings. The van der Waals surface area contributed by atoms with Gasteiger partial charge in [0.05, 0.1) is 25.8 Å². The van der Waals surface area contributed by atoms with Gasteiger partial charge in [0.15, 0.2) is 11.5 Å². The molecule has 1 aliphatic heterocycles. The number of likely N-dealkylation sites (tertiary alicyclic amines) is 1. The van der Waals surface area contributed by atoms with Crippen molar-refractivity contribution in [3.63, 3.8) is 0 Å². The van der Waals surface area contributed by atoms with E-state index in [1.165, 1.54) is 19.1 Å². The van der Waals surface area contributed by atoms with E-state index in [0.29, 0.717) is 27.6 Å². The van der Waals surface area contributed by atoms with Crippen LogP contribution in [0.25, 0.3) is 5.76 Å². The van der Waals surface area contributed by atoms with Gasteiger partial charge in [0, 0.05) is 29.5 Å². The second-order valence-electron chi connectivity index (χ2n) is 7.41. The highest BCUT2D eigenvalue weighted by molar-refractivity contribution is 6.46. The first-order valence-electron chi connectivity index (χ1n) is 10.1. The van der Waals surface area contributed by atoms with Crippen LogP contribution in [0.5, 0.6) is 11.5 Å². The van der Waals surface area contributed by atoms with Crippen molar-refractivity contribution in [2.24, 2.45) is 0 Å². The standard InChI is InChI=1S/C25H21ClN2O5/c1-32-19-9-8-17(12-20(19)33-2)23(29)21-22(16-6-3-7-18(26)11-16)28(25(31)24(21)30)14-15-5-4-10-27-13-15/h3-13,22,29H,14H2,1-2H3/b23-21+/t22-/m0/s1. The Hall–Kier alpha value is -3.84. The molecule has 0 bridgehead atoms. The maximum absolute atomic E-state index is 13.2. The van der Waals surface area contributed by atoms with Crippen molar-refractivity contribution in [2.45, 2.75) is 12.6 Å². The van der Waals surface area contributed by atoms with E-state index in [-0.39, 0.29) is 17.9 Å². The number of nitrogens with zero attached hydrogens (tertiary/aromatic N) is 2. The van der Waals surface area contributed by atoms with E-state index in [9.17, 15) is 14.7 Å². The molecule has 1 aliphatic rings. The summed E-state index contributed by atoms with van der Waals surface area (Å²) in [6, 6.07) is 14.4. The maximum atomic E-state index is 13.2. The summed E-state index contributed by atoms with van der Waals surface area (Å²) in [6.45, 7) is 0.137. The number of aliphatic hydroxyl groups is 1. The molecule has 3 aromatic rings. The van der Waals surface area contributed by atoms with Crippen LogP contribution in [0.4, 0.5) is 0 Å². The number of halogens is 1.